The van der Waals surface area contributed by atoms with E-state index in [4.69, 9.17) is 9.72 Å². The number of hydrogen-bond acceptors (Lipinski definition) is 6. The second-order valence-corrected chi connectivity index (χ2v) is 9.54. The summed E-state index contributed by atoms with van der Waals surface area (Å²) in [5.41, 5.74) is 2.52. The predicted octanol–water partition coefficient (Wildman–Crippen LogP) is 3.49. The molecule has 8 nitrogen and oxygen atoms in total. The van der Waals surface area contributed by atoms with Gasteiger partial charge in [-0.15, -0.1) is 0 Å². The van der Waals surface area contributed by atoms with E-state index in [1.165, 1.54) is 11.3 Å². The molecular formula is C25H23N5O3S. The standard InChI is InChI=1S/C25H23N5O3S/c1-16-23-20(13-22(31)28(16)15-18-8-6-12-33-18)29(14-17-7-4-5-11-26-17)30(24(23)32)25-27-19-9-2-3-10-21(19)34-25/h2-5,7,9-11,13,18H,6,8,12,14-15H2,1H3. The van der Waals surface area contributed by atoms with Crippen molar-refractivity contribution in [3.05, 3.63) is 86.8 Å². The van der Waals surface area contributed by atoms with Gasteiger partial charge in [0.15, 0.2) is 0 Å². The summed E-state index contributed by atoms with van der Waals surface area (Å²) in [4.78, 5) is 36.3. The quantitative estimate of drug-likeness (QED) is 0.390. The summed E-state index contributed by atoms with van der Waals surface area (Å²) in [6, 6.07) is 15.0. The van der Waals surface area contributed by atoms with Gasteiger partial charge in [0.1, 0.15) is 0 Å². The predicted molar refractivity (Wildman–Crippen MR) is 132 cm³/mol. The van der Waals surface area contributed by atoms with Crippen molar-refractivity contribution in [3.8, 4) is 5.13 Å². The number of ether oxygens (including phenoxy) is 1. The second-order valence-electron chi connectivity index (χ2n) is 8.53. The molecule has 0 bridgehead atoms. The van der Waals surface area contributed by atoms with Gasteiger partial charge in [0, 0.05) is 24.6 Å². The average Bonchev–Trinajstić information content (AvgIpc) is 3.56. The SMILES string of the molecule is Cc1c2c(=O)n(-c3nc4ccccc4s3)n(Cc3ccccn3)c2cc(=O)n1CC1CCCO1. The smallest absolute Gasteiger partial charge is 0.283 e. The third-order valence-electron chi connectivity index (χ3n) is 6.39. The Balaban J connectivity index is 1.60. The number of aromatic nitrogens is 5. The Bertz CT molecular complexity index is 1590. The van der Waals surface area contributed by atoms with Gasteiger partial charge in [-0.2, -0.15) is 4.68 Å². The van der Waals surface area contributed by atoms with Gasteiger partial charge in [0.2, 0.25) is 5.13 Å². The molecule has 34 heavy (non-hydrogen) atoms. The number of rotatable bonds is 5. The van der Waals surface area contributed by atoms with Crippen LogP contribution in [0.1, 0.15) is 24.2 Å². The van der Waals surface area contributed by atoms with E-state index in [9.17, 15) is 9.59 Å². The van der Waals surface area contributed by atoms with Gasteiger partial charge in [-0.25, -0.2) is 4.98 Å². The molecule has 0 aliphatic carbocycles. The monoisotopic (exact) mass is 473 g/mol. The van der Waals surface area contributed by atoms with Crippen molar-refractivity contribution in [2.45, 2.75) is 39.0 Å². The summed E-state index contributed by atoms with van der Waals surface area (Å²) in [5.74, 6) is 0. The lowest BCUT2D eigenvalue weighted by molar-refractivity contribution is 0.0958. The minimum absolute atomic E-state index is 0.00376. The van der Waals surface area contributed by atoms with Crippen molar-refractivity contribution < 1.29 is 4.74 Å². The number of pyridine rings is 2. The van der Waals surface area contributed by atoms with Crippen LogP contribution >= 0.6 is 11.3 Å². The number of nitrogens with zero attached hydrogens (tertiary/aromatic N) is 5. The fourth-order valence-electron chi connectivity index (χ4n) is 4.70. The fraction of sp³-hybridized carbons (Fsp3) is 0.280. The molecule has 4 aromatic heterocycles. The van der Waals surface area contributed by atoms with Crippen molar-refractivity contribution in [2.75, 3.05) is 6.61 Å². The Kier molecular flexibility index (Phi) is 5.15. The molecule has 0 N–H and O–H groups in total. The molecule has 0 spiro atoms. The Morgan fingerprint density at radius 2 is 2.00 bits per heavy atom. The molecule has 1 unspecified atom stereocenters. The first-order chi connectivity index (χ1) is 16.6. The van der Waals surface area contributed by atoms with E-state index in [1.807, 2.05) is 54.1 Å². The minimum Gasteiger partial charge on any atom is -0.376 e. The van der Waals surface area contributed by atoms with Crippen LogP contribution in [0.5, 0.6) is 0 Å². The lowest BCUT2D eigenvalue weighted by Crippen LogP contribution is -2.28. The molecule has 1 fully saturated rings. The fourth-order valence-corrected chi connectivity index (χ4v) is 5.68. The van der Waals surface area contributed by atoms with Crippen molar-refractivity contribution in [1.29, 1.82) is 0 Å². The molecule has 5 heterocycles. The van der Waals surface area contributed by atoms with Crippen molar-refractivity contribution in [3.63, 3.8) is 0 Å². The number of benzene rings is 1. The maximum Gasteiger partial charge on any atom is 0.283 e. The van der Waals surface area contributed by atoms with Crippen LogP contribution in [-0.4, -0.2) is 36.6 Å². The molecule has 1 aliphatic heterocycles. The van der Waals surface area contributed by atoms with Crippen LogP contribution in [0.15, 0.2) is 64.3 Å². The minimum atomic E-state index is -0.191. The van der Waals surface area contributed by atoms with Gasteiger partial charge >= 0.3 is 0 Å². The van der Waals surface area contributed by atoms with Gasteiger partial charge in [0.05, 0.1) is 46.0 Å². The number of para-hydroxylation sites is 1. The van der Waals surface area contributed by atoms with Gasteiger partial charge in [-0.3, -0.25) is 19.3 Å². The van der Waals surface area contributed by atoms with Crippen molar-refractivity contribution in [1.82, 2.24) is 23.9 Å². The van der Waals surface area contributed by atoms with Crippen LogP contribution < -0.4 is 11.1 Å². The highest BCUT2D eigenvalue weighted by Crippen LogP contribution is 2.26. The van der Waals surface area contributed by atoms with Gasteiger partial charge in [-0.05, 0) is 44.0 Å². The first-order valence-electron chi connectivity index (χ1n) is 11.3. The summed E-state index contributed by atoms with van der Waals surface area (Å²) in [5, 5.41) is 1.09. The lowest BCUT2D eigenvalue weighted by Gasteiger charge is -2.15. The highest BCUT2D eigenvalue weighted by atomic mass is 32.1. The topological polar surface area (TPSA) is 83.9 Å². The zero-order valence-corrected chi connectivity index (χ0v) is 19.5. The molecule has 0 amide bonds. The van der Waals surface area contributed by atoms with Gasteiger partial charge in [0.25, 0.3) is 11.1 Å². The first kappa shape index (κ1) is 21.0. The average molecular weight is 474 g/mol. The first-order valence-corrected chi connectivity index (χ1v) is 12.2. The van der Waals surface area contributed by atoms with E-state index >= 15 is 0 Å². The van der Waals surface area contributed by atoms with Crippen LogP contribution in [0.2, 0.25) is 0 Å². The van der Waals surface area contributed by atoms with Crippen LogP contribution in [0.3, 0.4) is 0 Å². The maximum absolute atomic E-state index is 13.9. The summed E-state index contributed by atoms with van der Waals surface area (Å²) in [7, 11) is 0. The molecule has 1 saturated heterocycles. The lowest BCUT2D eigenvalue weighted by atomic mass is 10.2. The van der Waals surface area contributed by atoms with Gasteiger partial charge in [-0.1, -0.05) is 29.5 Å². The summed E-state index contributed by atoms with van der Waals surface area (Å²) >= 11 is 1.45. The van der Waals surface area contributed by atoms with E-state index < -0.39 is 0 Å². The number of fused-ring (bicyclic) bond motifs is 2. The largest absolute Gasteiger partial charge is 0.376 e. The molecule has 1 aromatic carbocycles. The summed E-state index contributed by atoms with van der Waals surface area (Å²) in [6.45, 7) is 3.34. The summed E-state index contributed by atoms with van der Waals surface area (Å²) < 4.78 is 11.8. The molecule has 1 atom stereocenters. The molecule has 5 aromatic rings. The molecule has 172 valence electrons. The number of hydrogen-bond donors (Lipinski definition) is 0. The highest BCUT2D eigenvalue weighted by molar-refractivity contribution is 7.20. The van der Waals surface area contributed by atoms with Crippen LogP contribution in [0.25, 0.3) is 26.3 Å². The van der Waals surface area contributed by atoms with E-state index in [0.717, 1.165) is 28.8 Å². The highest BCUT2D eigenvalue weighted by Gasteiger charge is 2.24. The van der Waals surface area contributed by atoms with Crippen molar-refractivity contribution in [2.24, 2.45) is 0 Å². The van der Waals surface area contributed by atoms with Crippen LogP contribution in [-0.2, 0) is 17.8 Å². The van der Waals surface area contributed by atoms with E-state index in [0.29, 0.717) is 41.4 Å². The Morgan fingerprint density at radius 3 is 2.76 bits per heavy atom. The number of aryl methyl sites for hydroxylation is 1. The van der Waals surface area contributed by atoms with Crippen molar-refractivity contribution >= 4 is 32.5 Å². The zero-order chi connectivity index (χ0) is 23.2. The molecular weight excluding hydrogens is 450 g/mol. The third kappa shape index (κ3) is 3.48. The molecule has 6 rings (SSSR count). The molecule has 0 saturated carbocycles. The normalized spacial score (nSPS) is 16.1. The molecule has 1 aliphatic rings. The zero-order valence-electron chi connectivity index (χ0n) is 18.7. The summed E-state index contributed by atoms with van der Waals surface area (Å²) in [6.07, 6.45) is 3.63. The Morgan fingerprint density at radius 1 is 1.15 bits per heavy atom. The van der Waals surface area contributed by atoms with Crippen LogP contribution in [0, 0.1) is 6.92 Å². The Hall–Kier alpha value is -3.56. The number of thiazole rings is 1. The Labute approximate surface area is 198 Å². The van der Waals surface area contributed by atoms with E-state index in [1.54, 1.807) is 21.5 Å². The van der Waals surface area contributed by atoms with E-state index in [-0.39, 0.29) is 17.2 Å². The van der Waals surface area contributed by atoms with E-state index in [2.05, 4.69) is 4.98 Å². The molecule has 9 heteroatoms. The molecule has 0 radical (unpaired) electrons. The van der Waals surface area contributed by atoms with Crippen LogP contribution in [0.4, 0.5) is 0 Å². The third-order valence-corrected chi connectivity index (χ3v) is 7.40. The maximum atomic E-state index is 13.9. The van der Waals surface area contributed by atoms with Gasteiger partial charge < -0.3 is 9.30 Å². The second kappa shape index (κ2) is 8.34.